The van der Waals surface area contributed by atoms with Crippen LogP contribution in [0.25, 0.3) is 0 Å². The van der Waals surface area contributed by atoms with E-state index in [1.165, 1.54) is 12.0 Å². The lowest BCUT2D eigenvalue weighted by Crippen LogP contribution is -2.32. The molecule has 3 rings (SSSR count). The number of hydrogen-bond acceptors (Lipinski definition) is 5. The Bertz CT molecular complexity index is 1130. The van der Waals surface area contributed by atoms with Gasteiger partial charge in [0.2, 0.25) is 0 Å². The standard InChI is InChI=1S/C20H19ClF3NO5S/c1-11(20(22,23)24)30-17-5-4-14(31(3,27)28)8-15(17)19(26)25-9-12-6-16(21)18(29-2)7-13(12)10-25/h4-8,11H,9-10H2,1-3H3/t11-/m0/s1. The predicted octanol–water partition coefficient (Wildman–Crippen LogP) is 4.24. The normalized spacial score (nSPS) is 14.9. The van der Waals surface area contributed by atoms with Gasteiger partial charge in [-0.25, -0.2) is 8.42 Å². The molecule has 0 aliphatic carbocycles. The SMILES string of the molecule is COc1cc2c(cc1Cl)CN(C(=O)c1cc(S(C)(=O)=O)ccc1O[C@@H](C)C(F)(F)F)C2. The Hall–Kier alpha value is -2.46. The van der Waals surface area contributed by atoms with E-state index in [0.29, 0.717) is 10.8 Å². The Morgan fingerprint density at radius 2 is 1.74 bits per heavy atom. The van der Waals surface area contributed by atoms with Crippen LogP contribution in [0.3, 0.4) is 0 Å². The van der Waals surface area contributed by atoms with E-state index in [-0.39, 0.29) is 29.3 Å². The van der Waals surface area contributed by atoms with Crippen molar-refractivity contribution in [1.29, 1.82) is 0 Å². The van der Waals surface area contributed by atoms with Crippen LogP contribution in [-0.2, 0) is 22.9 Å². The highest BCUT2D eigenvalue weighted by Gasteiger charge is 2.39. The van der Waals surface area contributed by atoms with E-state index < -0.39 is 28.0 Å². The molecule has 0 fully saturated rings. The number of amides is 1. The quantitative estimate of drug-likeness (QED) is 0.644. The highest BCUT2D eigenvalue weighted by molar-refractivity contribution is 7.90. The van der Waals surface area contributed by atoms with Crippen molar-refractivity contribution in [3.63, 3.8) is 0 Å². The number of ether oxygens (including phenoxy) is 2. The lowest BCUT2D eigenvalue weighted by Gasteiger charge is -2.22. The van der Waals surface area contributed by atoms with Crippen LogP contribution in [0.2, 0.25) is 5.02 Å². The van der Waals surface area contributed by atoms with Crippen molar-refractivity contribution in [2.75, 3.05) is 13.4 Å². The summed E-state index contributed by atoms with van der Waals surface area (Å²) in [6.07, 6.45) is -5.91. The number of rotatable bonds is 5. The van der Waals surface area contributed by atoms with Crippen LogP contribution >= 0.6 is 11.6 Å². The minimum atomic E-state index is -4.66. The summed E-state index contributed by atoms with van der Waals surface area (Å²) in [7, 11) is -2.25. The molecule has 31 heavy (non-hydrogen) atoms. The van der Waals surface area contributed by atoms with Crippen molar-refractivity contribution in [3.05, 3.63) is 52.0 Å². The summed E-state index contributed by atoms with van der Waals surface area (Å²) in [6.45, 7) is 1.10. The first-order valence-corrected chi connectivity index (χ1v) is 11.3. The second kappa shape index (κ2) is 8.23. The maximum atomic E-state index is 13.2. The van der Waals surface area contributed by atoms with Crippen molar-refractivity contribution in [2.45, 2.75) is 37.2 Å². The number of methoxy groups -OCH3 is 1. The second-order valence-corrected chi connectivity index (χ2v) is 9.57. The van der Waals surface area contributed by atoms with Crippen LogP contribution in [0.4, 0.5) is 13.2 Å². The molecule has 0 saturated heterocycles. The number of hydrogen-bond donors (Lipinski definition) is 0. The molecule has 0 spiro atoms. The lowest BCUT2D eigenvalue weighted by atomic mass is 10.1. The number of benzene rings is 2. The van der Waals surface area contributed by atoms with Crippen LogP contribution in [-0.4, -0.2) is 44.9 Å². The largest absolute Gasteiger partial charge is 0.495 e. The molecule has 1 aliphatic heterocycles. The van der Waals surface area contributed by atoms with Crippen LogP contribution in [0, 0.1) is 0 Å². The molecular formula is C20H19ClF3NO5S. The van der Waals surface area contributed by atoms with Crippen LogP contribution in [0.15, 0.2) is 35.2 Å². The summed E-state index contributed by atoms with van der Waals surface area (Å²) >= 11 is 6.13. The number of fused-ring (bicyclic) bond motifs is 1. The monoisotopic (exact) mass is 477 g/mol. The molecule has 0 N–H and O–H groups in total. The molecule has 0 radical (unpaired) electrons. The summed E-state index contributed by atoms with van der Waals surface area (Å²) in [4.78, 5) is 14.4. The third kappa shape index (κ3) is 4.90. The van der Waals surface area contributed by atoms with E-state index in [2.05, 4.69) is 0 Å². The summed E-state index contributed by atoms with van der Waals surface area (Å²) in [6, 6.07) is 6.54. The predicted molar refractivity (Wildman–Crippen MR) is 107 cm³/mol. The van der Waals surface area contributed by atoms with Crippen molar-refractivity contribution in [2.24, 2.45) is 0 Å². The highest BCUT2D eigenvalue weighted by Crippen LogP contribution is 2.35. The minimum absolute atomic E-state index is 0.148. The topological polar surface area (TPSA) is 72.9 Å². The van der Waals surface area contributed by atoms with Gasteiger partial charge in [0.1, 0.15) is 11.5 Å². The van der Waals surface area contributed by atoms with Gasteiger partial charge in [0.25, 0.3) is 5.91 Å². The first-order valence-electron chi connectivity index (χ1n) is 9.03. The fourth-order valence-corrected chi connectivity index (χ4v) is 4.05. The third-order valence-electron chi connectivity index (χ3n) is 4.86. The fraction of sp³-hybridized carbons (Fsp3) is 0.350. The molecule has 2 aromatic rings. The zero-order chi connectivity index (χ0) is 23.1. The molecule has 0 unspecified atom stereocenters. The Morgan fingerprint density at radius 3 is 2.29 bits per heavy atom. The molecule has 0 bridgehead atoms. The molecule has 0 saturated carbocycles. The molecule has 11 heteroatoms. The Labute approximate surface area is 182 Å². The number of carbonyl (C=O) groups excluding carboxylic acids is 1. The molecule has 2 aromatic carbocycles. The Balaban J connectivity index is 1.98. The molecule has 168 valence electrons. The van der Waals surface area contributed by atoms with E-state index in [4.69, 9.17) is 21.1 Å². The first kappa shape index (κ1) is 23.2. The van der Waals surface area contributed by atoms with Gasteiger partial charge in [0.05, 0.1) is 22.6 Å². The molecular weight excluding hydrogens is 459 g/mol. The van der Waals surface area contributed by atoms with Gasteiger partial charge in [0.15, 0.2) is 15.9 Å². The number of carbonyl (C=O) groups is 1. The van der Waals surface area contributed by atoms with Crippen molar-refractivity contribution < 1.29 is 35.9 Å². The summed E-state index contributed by atoms with van der Waals surface area (Å²) in [5, 5.41) is 0.359. The van der Waals surface area contributed by atoms with Crippen LogP contribution < -0.4 is 9.47 Å². The number of sulfone groups is 1. The minimum Gasteiger partial charge on any atom is -0.495 e. The smallest absolute Gasteiger partial charge is 0.425 e. The summed E-state index contributed by atoms with van der Waals surface area (Å²) < 4.78 is 73.0. The van der Waals surface area contributed by atoms with Gasteiger partial charge in [-0.1, -0.05) is 11.6 Å². The number of halogens is 4. The highest BCUT2D eigenvalue weighted by atomic mass is 35.5. The van der Waals surface area contributed by atoms with E-state index in [9.17, 15) is 26.4 Å². The Kier molecular flexibility index (Phi) is 6.16. The zero-order valence-electron chi connectivity index (χ0n) is 16.8. The van der Waals surface area contributed by atoms with E-state index in [0.717, 1.165) is 42.5 Å². The lowest BCUT2D eigenvalue weighted by molar-refractivity contribution is -0.189. The first-order chi connectivity index (χ1) is 14.3. The third-order valence-corrected chi connectivity index (χ3v) is 6.26. The maximum absolute atomic E-state index is 13.2. The van der Waals surface area contributed by atoms with Crippen LogP contribution in [0.1, 0.15) is 28.4 Å². The van der Waals surface area contributed by atoms with Crippen molar-refractivity contribution in [1.82, 2.24) is 4.90 Å². The van der Waals surface area contributed by atoms with E-state index >= 15 is 0 Å². The Morgan fingerprint density at radius 1 is 1.13 bits per heavy atom. The van der Waals surface area contributed by atoms with E-state index in [1.54, 1.807) is 12.1 Å². The molecule has 0 aromatic heterocycles. The summed E-state index contributed by atoms with van der Waals surface area (Å²) in [5.74, 6) is -0.591. The fourth-order valence-electron chi connectivity index (χ4n) is 3.14. The summed E-state index contributed by atoms with van der Waals surface area (Å²) in [5.41, 5.74) is 1.24. The van der Waals surface area contributed by atoms with Gasteiger partial charge >= 0.3 is 6.18 Å². The zero-order valence-corrected chi connectivity index (χ0v) is 18.4. The van der Waals surface area contributed by atoms with Gasteiger partial charge in [-0.2, -0.15) is 13.2 Å². The van der Waals surface area contributed by atoms with E-state index in [1.807, 2.05) is 0 Å². The molecule has 1 atom stereocenters. The number of nitrogens with zero attached hydrogens (tertiary/aromatic N) is 1. The average molecular weight is 478 g/mol. The van der Waals surface area contributed by atoms with Gasteiger partial charge in [0, 0.05) is 19.3 Å². The van der Waals surface area contributed by atoms with Crippen molar-refractivity contribution >= 4 is 27.3 Å². The molecule has 6 nitrogen and oxygen atoms in total. The molecule has 1 heterocycles. The van der Waals surface area contributed by atoms with Gasteiger partial charge in [-0.15, -0.1) is 0 Å². The maximum Gasteiger partial charge on any atom is 0.425 e. The average Bonchev–Trinajstić information content (AvgIpc) is 3.08. The van der Waals surface area contributed by atoms with Crippen LogP contribution in [0.5, 0.6) is 11.5 Å². The molecule has 1 amide bonds. The van der Waals surface area contributed by atoms with Gasteiger partial charge in [-0.3, -0.25) is 4.79 Å². The molecule has 1 aliphatic rings. The second-order valence-electron chi connectivity index (χ2n) is 7.15. The van der Waals surface area contributed by atoms with Crippen molar-refractivity contribution in [3.8, 4) is 11.5 Å². The van der Waals surface area contributed by atoms with Gasteiger partial charge < -0.3 is 14.4 Å². The number of alkyl halides is 3. The van der Waals surface area contributed by atoms with Gasteiger partial charge in [-0.05, 0) is 48.4 Å².